The van der Waals surface area contributed by atoms with Gasteiger partial charge in [-0.25, -0.2) is 12.8 Å². The van der Waals surface area contributed by atoms with Crippen molar-refractivity contribution in [1.82, 2.24) is 4.90 Å². The molecule has 0 aromatic heterocycles. The Morgan fingerprint density at radius 3 is 2.78 bits per heavy atom. The number of nitrogens with one attached hydrogen (secondary N) is 1. The van der Waals surface area contributed by atoms with Crippen LogP contribution < -0.4 is 5.32 Å². The zero-order valence-electron chi connectivity index (χ0n) is 12.6. The molecule has 0 unspecified atom stereocenters. The van der Waals surface area contributed by atoms with Gasteiger partial charge in [-0.3, -0.25) is 9.59 Å². The average molecular weight is 340 g/mol. The van der Waals surface area contributed by atoms with Crippen LogP contribution in [0.25, 0.3) is 0 Å². The first-order valence-electron chi connectivity index (χ1n) is 7.33. The number of sulfone groups is 1. The summed E-state index contributed by atoms with van der Waals surface area (Å²) in [5.74, 6) is -1.85. The number of hydrogen-bond acceptors (Lipinski definition) is 4. The Morgan fingerprint density at radius 2 is 2.13 bits per heavy atom. The van der Waals surface area contributed by atoms with Crippen LogP contribution in [0.15, 0.2) is 18.2 Å². The Labute approximate surface area is 133 Å². The van der Waals surface area contributed by atoms with Crippen LogP contribution in [0.1, 0.15) is 24.3 Å². The maximum atomic E-state index is 13.3. The predicted octanol–water partition coefficient (Wildman–Crippen LogP) is 0.897. The molecule has 2 amide bonds. The molecule has 2 aliphatic heterocycles. The van der Waals surface area contributed by atoms with Crippen molar-refractivity contribution >= 4 is 27.3 Å². The van der Waals surface area contributed by atoms with Crippen LogP contribution in [-0.2, 0) is 19.4 Å². The molecule has 1 N–H and O–H groups in total. The predicted molar refractivity (Wildman–Crippen MR) is 82.2 cm³/mol. The van der Waals surface area contributed by atoms with E-state index in [1.807, 2.05) is 0 Å². The summed E-state index contributed by atoms with van der Waals surface area (Å²) in [6.45, 7) is 0. The van der Waals surface area contributed by atoms with Crippen molar-refractivity contribution in [2.45, 2.75) is 24.8 Å². The van der Waals surface area contributed by atoms with Gasteiger partial charge in [0.25, 0.3) is 0 Å². The van der Waals surface area contributed by atoms with Gasteiger partial charge >= 0.3 is 0 Å². The van der Waals surface area contributed by atoms with Crippen molar-refractivity contribution in [2.24, 2.45) is 0 Å². The second-order valence-electron chi connectivity index (χ2n) is 6.04. The van der Waals surface area contributed by atoms with Crippen LogP contribution >= 0.6 is 0 Å². The molecule has 3 rings (SSSR count). The van der Waals surface area contributed by atoms with Crippen LogP contribution in [0.3, 0.4) is 0 Å². The molecular weight excluding hydrogens is 323 g/mol. The third-order valence-electron chi connectivity index (χ3n) is 4.46. The highest BCUT2D eigenvalue weighted by atomic mass is 32.2. The van der Waals surface area contributed by atoms with Crippen LogP contribution in [0, 0.1) is 5.82 Å². The molecule has 0 aliphatic carbocycles. The van der Waals surface area contributed by atoms with Crippen LogP contribution in [0.2, 0.25) is 0 Å². The van der Waals surface area contributed by atoms with Gasteiger partial charge in [-0.2, -0.15) is 0 Å². The average Bonchev–Trinajstić information content (AvgIpc) is 2.84. The molecule has 6 nitrogen and oxygen atoms in total. The fourth-order valence-electron chi connectivity index (χ4n) is 3.16. The number of benzene rings is 1. The third kappa shape index (κ3) is 3.08. The fraction of sp³-hybridized carbons (Fsp3) is 0.467. The summed E-state index contributed by atoms with van der Waals surface area (Å²) in [4.78, 5) is 26.0. The van der Waals surface area contributed by atoms with Crippen molar-refractivity contribution in [2.75, 3.05) is 23.9 Å². The normalized spacial score (nSPS) is 25.6. The number of amides is 2. The lowest BCUT2D eigenvalue weighted by atomic mass is 9.89. The number of fused-ring (bicyclic) bond motifs is 1. The Hall–Kier alpha value is -1.96. The minimum absolute atomic E-state index is 0.0265. The lowest BCUT2D eigenvalue weighted by Crippen LogP contribution is -2.42. The maximum Gasteiger partial charge on any atom is 0.230 e. The van der Waals surface area contributed by atoms with E-state index >= 15 is 0 Å². The minimum atomic E-state index is -3.10. The van der Waals surface area contributed by atoms with E-state index in [4.69, 9.17) is 0 Å². The Bertz CT molecular complexity index is 778. The molecule has 2 aliphatic rings. The number of rotatable bonds is 2. The number of carbonyl (C=O) groups is 2. The van der Waals surface area contributed by atoms with Crippen molar-refractivity contribution in [3.63, 3.8) is 0 Å². The number of hydrogen-bond donors (Lipinski definition) is 1. The van der Waals surface area contributed by atoms with Gasteiger partial charge in [-0.1, -0.05) is 6.07 Å². The summed E-state index contributed by atoms with van der Waals surface area (Å²) in [6.07, 6.45) is 0.376. The van der Waals surface area contributed by atoms with E-state index in [2.05, 4.69) is 5.32 Å². The third-order valence-corrected chi connectivity index (χ3v) is 6.21. The highest BCUT2D eigenvalue weighted by molar-refractivity contribution is 7.91. The van der Waals surface area contributed by atoms with E-state index in [1.165, 1.54) is 23.1 Å². The molecule has 1 aromatic rings. The molecule has 8 heteroatoms. The summed E-state index contributed by atoms with van der Waals surface area (Å²) >= 11 is 0. The number of nitrogens with zero attached hydrogens (tertiary/aromatic N) is 1. The first-order chi connectivity index (χ1) is 10.8. The van der Waals surface area contributed by atoms with Crippen molar-refractivity contribution < 1.29 is 22.4 Å². The van der Waals surface area contributed by atoms with Crippen molar-refractivity contribution in [3.05, 3.63) is 29.6 Å². The molecule has 2 heterocycles. The van der Waals surface area contributed by atoms with E-state index < -0.39 is 21.6 Å². The molecule has 0 spiro atoms. The zero-order chi connectivity index (χ0) is 16.8. The van der Waals surface area contributed by atoms with Crippen LogP contribution in [0.4, 0.5) is 10.1 Å². The standard InChI is InChI=1S/C15H17FN2O4S/c1-18(10-4-5-23(21,22)8-10)15(20)12-7-14(19)17-13-6-9(16)2-3-11(12)13/h2-3,6,10,12H,4-5,7-8H2,1H3,(H,17,19)/t10-,12-/m0/s1. The molecule has 0 saturated carbocycles. The number of anilines is 1. The van der Waals surface area contributed by atoms with Gasteiger partial charge < -0.3 is 10.2 Å². The summed E-state index contributed by atoms with van der Waals surface area (Å²) in [7, 11) is -1.55. The van der Waals surface area contributed by atoms with Crippen molar-refractivity contribution in [3.8, 4) is 0 Å². The van der Waals surface area contributed by atoms with Gasteiger partial charge in [0.1, 0.15) is 5.82 Å². The summed E-state index contributed by atoms with van der Waals surface area (Å²) in [5.41, 5.74) is 0.857. The molecule has 23 heavy (non-hydrogen) atoms. The number of likely N-dealkylation sites (N-methyl/N-ethyl adjacent to an activating group) is 1. The van der Waals surface area contributed by atoms with E-state index in [1.54, 1.807) is 7.05 Å². The topological polar surface area (TPSA) is 83.6 Å². The highest BCUT2D eigenvalue weighted by Crippen LogP contribution is 2.34. The summed E-state index contributed by atoms with van der Waals surface area (Å²) in [5, 5.41) is 2.56. The van der Waals surface area contributed by atoms with Crippen LogP contribution in [-0.4, -0.2) is 49.7 Å². The Morgan fingerprint density at radius 1 is 1.39 bits per heavy atom. The van der Waals surface area contributed by atoms with Gasteiger partial charge in [-0.15, -0.1) is 0 Å². The van der Waals surface area contributed by atoms with E-state index in [0.29, 0.717) is 17.7 Å². The van der Waals surface area contributed by atoms with Gasteiger partial charge in [0, 0.05) is 25.2 Å². The van der Waals surface area contributed by atoms with E-state index in [9.17, 15) is 22.4 Å². The number of halogens is 1. The smallest absolute Gasteiger partial charge is 0.230 e. The van der Waals surface area contributed by atoms with E-state index in [0.717, 1.165) is 0 Å². The molecule has 1 fully saturated rings. The molecule has 1 aromatic carbocycles. The molecule has 0 bridgehead atoms. The van der Waals surface area contributed by atoms with E-state index in [-0.39, 0.29) is 35.8 Å². The van der Waals surface area contributed by atoms with Crippen LogP contribution in [0.5, 0.6) is 0 Å². The first-order valence-corrected chi connectivity index (χ1v) is 9.15. The van der Waals surface area contributed by atoms with Crippen molar-refractivity contribution in [1.29, 1.82) is 0 Å². The zero-order valence-corrected chi connectivity index (χ0v) is 13.4. The second kappa shape index (κ2) is 5.59. The maximum absolute atomic E-state index is 13.3. The van der Waals surface area contributed by atoms with Gasteiger partial charge in [0.05, 0.1) is 17.4 Å². The molecule has 124 valence electrons. The molecule has 2 atom stereocenters. The monoisotopic (exact) mass is 340 g/mol. The Kier molecular flexibility index (Phi) is 3.87. The largest absolute Gasteiger partial charge is 0.341 e. The quantitative estimate of drug-likeness (QED) is 0.867. The minimum Gasteiger partial charge on any atom is -0.341 e. The summed E-state index contributed by atoms with van der Waals surface area (Å²) in [6, 6.07) is 3.55. The molecule has 0 radical (unpaired) electrons. The second-order valence-corrected chi connectivity index (χ2v) is 8.27. The van der Waals surface area contributed by atoms with Gasteiger partial charge in [0.2, 0.25) is 11.8 Å². The molecular formula is C15H17FN2O4S. The fourth-order valence-corrected chi connectivity index (χ4v) is 4.94. The lowest BCUT2D eigenvalue weighted by molar-refractivity contribution is -0.135. The lowest BCUT2D eigenvalue weighted by Gasteiger charge is -2.31. The SMILES string of the molecule is CN(C(=O)[C@H]1CC(=O)Nc2cc(F)ccc21)[C@H]1CCS(=O)(=O)C1. The van der Waals surface area contributed by atoms with Gasteiger partial charge in [-0.05, 0) is 24.1 Å². The number of carbonyl (C=O) groups excluding carboxylic acids is 2. The summed E-state index contributed by atoms with van der Waals surface area (Å²) < 4.78 is 36.5. The highest BCUT2D eigenvalue weighted by Gasteiger charge is 2.38. The van der Waals surface area contributed by atoms with Gasteiger partial charge in [0.15, 0.2) is 9.84 Å². The Balaban J connectivity index is 1.87. The first kappa shape index (κ1) is 15.9. The molecule has 1 saturated heterocycles.